The van der Waals surface area contributed by atoms with Crippen LogP contribution < -0.4 is 10.6 Å². The summed E-state index contributed by atoms with van der Waals surface area (Å²) in [5.41, 5.74) is 0. The van der Waals surface area contributed by atoms with Crippen molar-refractivity contribution in [3.63, 3.8) is 0 Å². The molecule has 0 radical (unpaired) electrons. The van der Waals surface area contributed by atoms with E-state index in [1.807, 2.05) is 12.1 Å². The number of hydrogen-bond donors (Lipinski definition) is 2. The van der Waals surface area contributed by atoms with Gasteiger partial charge in [0.25, 0.3) is 0 Å². The molecule has 1 unspecified atom stereocenters. The lowest BCUT2D eigenvalue weighted by molar-refractivity contribution is -0.122. The normalized spacial score (nSPS) is 16.8. The largest absolute Gasteiger partial charge is 0.468 e. The zero-order valence-electron chi connectivity index (χ0n) is 10.2. The number of hydrogen-bond acceptors (Lipinski definition) is 3. The zero-order valence-corrected chi connectivity index (χ0v) is 10.2. The standard InChI is InChI=1S/C13H20N2O2/c1-2-11(12-4-3-9-17-12)14-7-8-15-13(16)10-5-6-10/h3-4,9-11,14H,2,5-8H2,1H3,(H,15,16). The molecular formula is C13H20N2O2. The van der Waals surface area contributed by atoms with Crippen LogP contribution in [0.25, 0.3) is 0 Å². The van der Waals surface area contributed by atoms with Crippen molar-refractivity contribution in [1.29, 1.82) is 0 Å². The van der Waals surface area contributed by atoms with E-state index in [0.717, 1.165) is 31.6 Å². The maximum Gasteiger partial charge on any atom is 0.223 e. The summed E-state index contributed by atoms with van der Waals surface area (Å²) in [5.74, 6) is 1.46. The van der Waals surface area contributed by atoms with E-state index in [0.29, 0.717) is 12.5 Å². The summed E-state index contributed by atoms with van der Waals surface area (Å²) >= 11 is 0. The van der Waals surface area contributed by atoms with Gasteiger partial charge in [-0.2, -0.15) is 0 Å². The maximum absolute atomic E-state index is 11.4. The SMILES string of the molecule is CCC(NCCNC(=O)C1CC1)c1ccco1. The molecule has 1 aliphatic rings. The Kier molecular flexibility index (Phi) is 4.20. The van der Waals surface area contributed by atoms with E-state index >= 15 is 0 Å². The van der Waals surface area contributed by atoms with Crippen molar-refractivity contribution in [2.24, 2.45) is 5.92 Å². The minimum Gasteiger partial charge on any atom is -0.468 e. The number of amides is 1. The molecule has 4 heteroatoms. The summed E-state index contributed by atoms with van der Waals surface area (Å²) in [6.07, 6.45) is 4.78. The molecule has 0 aliphatic heterocycles. The van der Waals surface area contributed by atoms with Crippen molar-refractivity contribution < 1.29 is 9.21 Å². The van der Waals surface area contributed by atoms with Crippen LogP contribution in [-0.4, -0.2) is 19.0 Å². The molecule has 1 aliphatic carbocycles. The van der Waals surface area contributed by atoms with E-state index in [9.17, 15) is 4.79 Å². The van der Waals surface area contributed by atoms with Crippen molar-refractivity contribution in [2.45, 2.75) is 32.2 Å². The van der Waals surface area contributed by atoms with Gasteiger partial charge in [-0.05, 0) is 31.4 Å². The lowest BCUT2D eigenvalue weighted by Gasteiger charge is -2.14. The monoisotopic (exact) mass is 236 g/mol. The summed E-state index contributed by atoms with van der Waals surface area (Å²) in [5, 5.41) is 6.32. The highest BCUT2D eigenvalue weighted by molar-refractivity contribution is 5.80. The van der Waals surface area contributed by atoms with Crippen LogP contribution in [0.5, 0.6) is 0 Å². The Bertz CT molecular complexity index is 344. The van der Waals surface area contributed by atoms with Crippen LogP contribution in [0.4, 0.5) is 0 Å². The van der Waals surface area contributed by atoms with Crippen molar-refractivity contribution in [1.82, 2.24) is 10.6 Å². The molecule has 1 aromatic rings. The summed E-state index contributed by atoms with van der Waals surface area (Å²) in [4.78, 5) is 11.4. The molecule has 1 aromatic heterocycles. The van der Waals surface area contributed by atoms with E-state index in [4.69, 9.17) is 4.42 Å². The van der Waals surface area contributed by atoms with E-state index in [1.165, 1.54) is 0 Å². The third-order valence-electron chi connectivity index (χ3n) is 3.06. The quantitative estimate of drug-likeness (QED) is 0.710. The van der Waals surface area contributed by atoms with Gasteiger partial charge in [-0.1, -0.05) is 6.92 Å². The lowest BCUT2D eigenvalue weighted by Crippen LogP contribution is -2.34. The third kappa shape index (κ3) is 3.60. The lowest BCUT2D eigenvalue weighted by atomic mass is 10.2. The first kappa shape index (κ1) is 12.2. The summed E-state index contributed by atoms with van der Waals surface area (Å²) < 4.78 is 5.36. The second-order valence-electron chi connectivity index (χ2n) is 4.50. The third-order valence-corrected chi connectivity index (χ3v) is 3.06. The summed E-state index contributed by atoms with van der Waals surface area (Å²) in [6.45, 7) is 3.58. The fourth-order valence-electron chi connectivity index (χ4n) is 1.86. The molecule has 1 heterocycles. The van der Waals surface area contributed by atoms with Crippen molar-refractivity contribution in [2.75, 3.05) is 13.1 Å². The van der Waals surface area contributed by atoms with E-state index in [-0.39, 0.29) is 11.9 Å². The van der Waals surface area contributed by atoms with Crippen LogP contribution in [0.15, 0.2) is 22.8 Å². The Morgan fingerprint density at radius 2 is 2.35 bits per heavy atom. The van der Waals surface area contributed by atoms with Gasteiger partial charge in [0.15, 0.2) is 0 Å². The van der Waals surface area contributed by atoms with Crippen LogP contribution in [0, 0.1) is 5.92 Å². The average molecular weight is 236 g/mol. The van der Waals surface area contributed by atoms with Gasteiger partial charge in [-0.15, -0.1) is 0 Å². The Balaban J connectivity index is 1.64. The van der Waals surface area contributed by atoms with Crippen LogP contribution in [0.2, 0.25) is 0 Å². The van der Waals surface area contributed by atoms with Gasteiger partial charge in [0, 0.05) is 19.0 Å². The summed E-state index contributed by atoms with van der Waals surface area (Å²) in [7, 11) is 0. The number of carbonyl (C=O) groups is 1. The zero-order chi connectivity index (χ0) is 12.1. The molecule has 1 atom stereocenters. The van der Waals surface area contributed by atoms with Gasteiger partial charge in [0.1, 0.15) is 5.76 Å². The predicted octanol–water partition coefficient (Wildman–Crippen LogP) is 1.85. The Labute approximate surface area is 102 Å². The van der Waals surface area contributed by atoms with Crippen LogP contribution in [0.1, 0.15) is 38.0 Å². The number of carbonyl (C=O) groups excluding carboxylic acids is 1. The first-order valence-corrected chi connectivity index (χ1v) is 6.35. The molecule has 0 aromatic carbocycles. The van der Waals surface area contributed by atoms with E-state index in [2.05, 4.69) is 17.6 Å². The molecule has 0 bridgehead atoms. The van der Waals surface area contributed by atoms with Gasteiger partial charge in [-0.3, -0.25) is 4.79 Å². The number of rotatable bonds is 7. The minimum atomic E-state index is 0.206. The van der Waals surface area contributed by atoms with Crippen molar-refractivity contribution >= 4 is 5.91 Å². The Morgan fingerprint density at radius 3 is 2.94 bits per heavy atom. The first-order valence-electron chi connectivity index (χ1n) is 6.35. The Hall–Kier alpha value is -1.29. The molecule has 0 saturated heterocycles. The highest BCUT2D eigenvalue weighted by atomic mass is 16.3. The highest BCUT2D eigenvalue weighted by Gasteiger charge is 2.28. The fourth-order valence-corrected chi connectivity index (χ4v) is 1.86. The minimum absolute atomic E-state index is 0.206. The second-order valence-corrected chi connectivity index (χ2v) is 4.50. The van der Waals surface area contributed by atoms with Crippen LogP contribution in [0.3, 0.4) is 0 Å². The maximum atomic E-state index is 11.4. The highest BCUT2D eigenvalue weighted by Crippen LogP contribution is 2.28. The van der Waals surface area contributed by atoms with Crippen LogP contribution in [-0.2, 0) is 4.79 Å². The summed E-state index contributed by atoms with van der Waals surface area (Å²) in [6, 6.07) is 4.11. The van der Waals surface area contributed by atoms with E-state index in [1.54, 1.807) is 6.26 Å². The smallest absolute Gasteiger partial charge is 0.223 e. The van der Waals surface area contributed by atoms with Gasteiger partial charge in [-0.25, -0.2) is 0 Å². The van der Waals surface area contributed by atoms with E-state index < -0.39 is 0 Å². The molecule has 0 spiro atoms. The van der Waals surface area contributed by atoms with Gasteiger partial charge in [0.2, 0.25) is 5.91 Å². The molecular weight excluding hydrogens is 216 g/mol. The molecule has 1 fully saturated rings. The average Bonchev–Trinajstić information content (AvgIpc) is 3.06. The predicted molar refractivity (Wildman–Crippen MR) is 65.5 cm³/mol. The number of furan rings is 1. The van der Waals surface area contributed by atoms with Crippen molar-refractivity contribution in [3.8, 4) is 0 Å². The molecule has 2 rings (SSSR count). The molecule has 17 heavy (non-hydrogen) atoms. The molecule has 4 nitrogen and oxygen atoms in total. The molecule has 1 saturated carbocycles. The van der Waals surface area contributed by atoms with Crippen molar-refractivity contribution in [3.05, 3.63) is 24.2 Å². The van der Waals surface area contributed by atoms with Gasteiger partial charge in [0.05, 0.1) is 12.3 Å². The fraction of sp³-hybridized carbons (Fsp3) is 0.615. The molecule has 1 amide bonds. The van der Waals surface area contributed by atoms with Gasteiger partial charge < -0.3 is 15.1 Å². The van der Waals surface area contributed by atoms with Crippen LogP contribution >= 0.6 is 0 Å². The first-order chi connectivity index (χ1) is 8.31. The molecule has 2 N–H and O–H groups in total. The van der Waals surface area contributed by atoms with Gasteiger partial charge >= 0.3 is 0 Å². The Morgan fingerprint density at radius 1 is 1.53 bits per heavy atom. The second kappa shape index (κ2) is 5.87. The number of nitrogens with one attached hydrogen (secondary N) is 2. The molecule has 94 valence electrons. The topological polar surface area (TPSA) is 54.3 Å².